The van der Waals surface area contributed by atoms with E-state index in [9.17, 15) is 0 Å². The Hall–Kier alpha value is -2.80. The quantitative estimate of drug-likeness (QED) is 0.725. The molecule has 0 aliphatic carbocycles. The smallest absolute Gasteiger partial charge is 0.220 e. The van der Waals surface area contributed by atoms with E-state index < -0.39 is 0 Å². The van der Waals surface area contributed by atoms with Crippen LogP contribution in [0.5, 0.6) is 5.88 Å². The van der Waals surface area contributed by atoms with Gasteiger partial charge in [0.1, 0.15) is 19.0 Å². The van der Waals surface area contributed by atoms with Crippen molar-refractivity contribution >= 4 is 0 Å². The van der Waals surface area contributed by atoms with E-state index in [4.69, 9.17) is 4.74 Å². The van der Waals surface area contributed by atoms with E-state index in [1.807, 2.05) is 0 Å². The Bertz CT molecular complexity index is 863. The first-order valence-corrected chi connectivity index (χ1v) is 8.28. The van der Waals surface area contributed by atoms with Gasteiger partial charge in [0.05, 0.1) is 18.5 Å². The maximum Gasteiger partial charge on any atom is 0.220 e. The molecule has 0 saturated carbocycles. The number of hydrogen-bond acceptors (Lipinski definition) is 6. The monoisotopic (exact) mass is 336 g/mol. The van der Waals surface area contributed by atoms with E-state index >= 15 is 0 Å². The summed E-state index contributed by atoms with van der Waals surface area (Å²) in [4.78, 5) is 15.0. The molecule has 1 aromatic carbocycles. The second-order valence-electron chi connectivity index (χ2n) is 6.23. The zero-order valence-corrected chi connectivity index (χ0v) is 14.4. The maximum atomic E-state index is 5.39. The highest BCUT2D eigenvalue weighted by Crippen LogP contribution is 2.25. The van der Waals surface area contributed by atoms with Crippen molar-refractivity contribution < 1.29 is 4.74 Å². The molecule has 0 N–H and O–H groups in total. The molecule has 3 heterocycles. The van der Waals surface area contributed by atoms with Gasteiger partial charge in [0.15, 0.2) is 0 Å². The first kappa shape index (κ1) is 15.7. The van der Waals surface area contributed by atoms with Gasteiger partial charge in [-0.05, 0) is 24.1 Å². The number of fused-ring (bicyclic) bond motifs is 1. The van der Waals surface area contributed by atoms with E-state index in [0.717, 1.165) is 43.0 Å². The fourth-order valence-electron chi connectivity index (χ4n) is 3.35. The number of ether oxygens (including phenoxy) is 1. The topological polar surface area (TPSA) is 69.0 Å². The van der Waals surface area contributed by atoms with E-state index in [2.05, 4.69) is 50.1 Å². The minimum atomic E-state index is 0.687. The van der Waals surface area contributed by atoms with Gasteiger partial charge < -0.3 is 4.74 Å². The maximum absolute atomic E-state index is 5.39. The molecule has 0 spiro atoms. The average Bonchev–Trinajstić information content (AvgIpc) is 3.15. The standard InChI is InChI=1S/C18H20N6O/c1-13-7-14(3-4-17(13)24-12-19-10-22-24)8-23-6-5-16-15(9-23)18(25-2)21-11-20-16/h3-4,7,10-12H,5-6,8-9H2,1-2H3. The van der Waals surface area contributed by atoms with Gasteiger partial charge in [0.2, 0.25) is 5.88 Å². The molecule has 3 aromatic rings. The number of aryl methyl sites for hydroxylation is 1. The molecule has 1 aliphatic rings. The van der Waals surface area contributed by atoms with Crippen LogP contribution in [0.15, 0.2) is 37.2 Å². The Kier molecular flexibility index (Phi) is 4.15. The molecule has 0 fully saturated rings. The predicted molar refractivity (Wildman–Crippen MR) is 92.5 cm³/mol. The number of rotatable bonds is 4. The zero-order valence-electron chi connectivity index (χ0n) is 14.4. The molecule has 0 amide bonds. The molecule has 0 radical (unpaired) electrons. The largest absolute Gasteiger partial charge is 0.481 e. The van der Waals surface area contributed by atoms with Crippen molar-refractivity contribution in [2.24, 2.45) is 0 Å². The minimum Gasteiger partial charge on any atom is -0.481 e. The normalized spacial score (nSPS) is 14.3. The summed E-state index contributed by atoms with van der Waals surface area (Å²) in [6, 6.07) is 6.46. The molecule has 4 rings (SSSR count). The van der Waals surface area contributed by atoms with Crippen LogP contribution in [-0.4, -0.2) is 43.3 Å². The number of methoxy groups -OCH3 is 1. The summed E-state index contributed by atoms with van der Waals surface area (Å²) < 4.78 is 7.18. The van der Waals surface area contributed by atoms with Crippen molar-refractivity contribution in [2.75, 3.05) is 13.7 Å². The van der Waals surface area contributed by atoms with E-state index in [0.29, 0.717) is 5.88 Å². The molecule has 128 valence electrons. The van der Waals surface area contributed by atoms with Gasteiger partial charge in [-0.15, -0.1) is 0 Å². The summed E-state index contributed by atoms with van der Waals surface area (Å²) >= 11 is 0. The summed E-state index contributed by atoms with van der Waals surface area (Å²) in [7, 11) is 1.66. The predicted octanol–water partition coefficient (Wildman–Crippen LogP) is 1.93. The molecule has 0 bridgehead atoms. The van der Waals surface area contributed by atoms with Crippen molar-refractivity contribution in [3.05, 3.63) is 59.6 Å². The van der Waals surface area contributed by atoms with Gasteiger partial charge in [0.25, 0.3) is 0 Å². The highest BCUT2D eigenvalue weighted by molar-refractivity contribution is 5.42. The summed E-state index contributed by atoms with van der Waals surface area (Å²) in [5.74, 6) is 0.687. The fourth-order valence-corrected chi connectivity index (χ4v) is 3.35. The van der Waals surface area contributed by atoms with Gasteiger partial charge in [-0.2, -0.15) is 5.10 Å². The first-order chi connectivity index (χ1) is 12.2. The third kappa shape index (κ3) is 3.10. The van der Waals surface area contributed by atoms with Crippen LogP contribution in [0.4, 0.5) is 0 Å². The summed E-state index contributed by atoms with van der Waals surface area (Å²) in [5.41, 5.74) is 5.72. The average molecular weight is 336 g/mol. The number of aromatic nitrogens is 5. The van der Waals surface area contributed by atoms with Crippen LogP contribution < -0.4 is 4.74 Å². The van der Waals surface area contributed by atoms with Crippen molar-refractivity contribution in [3.63, 3.8) is 0 Å². The summed E-state index contributed by atoms with van der Waals surface area (Å²) in [6.07, 6.45) is 5.77. The highest BCUT2D eigenvalue weighted by atomic mass is 16.5. The highest BCUT2D eigenvalue weighted by Gasteiger charge is 2.21. The third-order valence-corrected chi connectivity index (χ3v) is 4.57. The first-order valence-electron chi connectivity index (χ1n) is 8.28. The van der Waals surface area contributed by atoms with Crippen LogP contribution in [0.1, 0.15) is 22.4 Å². The number of hydrogen-bond donors (Lipinski definition) is 0. The Morgan fingerprint density at radius 2 is 2.12 bits per heavy atom. The van der Waals surface area contributed by atoms with Crippen LogP contribution in [-0.2, 0) is 19.5 Å². The number of benzene rings is 1. The lowest BCUT2D eigenvalue weighted by atomic mass is 10.0. The van der Waals surface area contributed by atoms with Crippen LogP contribution in [0.25, 0.3) is 5.69 Å². The fraction of sp³-hybridized carbons (Fsp3) is 0.333. The second-order valence-corrected chi connectivity index (χ2v) is 6.23. The Labute approximate surface area is 146 Å². The SMILES string of the molecule is COc1ncnc2c1CN(Cc1ccc(-n3cncn3)c(C)c1)CC2. The Balaban J connectivity index is 1.52. The van der Waals surface area contributed by atoms with Crippen molar-refractivity contribution in [1.29, 1.82) is 0 Å². The van der Waals surface area contributed by atoms with Gasteiger partial charge in [-0.25, -0.2) is 19.6 Å². The molecule has 1 aliphatic heterocycles. The molecule has 0 saturated heterocycles. The summed E-state index contributed by atoms with van der Waals surface area (Å²) in [6.45, 7) is 4.78. The van der Waals surface area contributed by atoms with Gasteiger partial charge in [0, 0.05) is 31.6 Å². The molecule has 25 heavy (non-hydrogen) atoms. The molecule has 7 heteroatoms. The Morgan fingerprint density at radius 3 is 2.88 bits per heavy atom. The van der Waals surface area contributed by atoms with Crippen LogP contribution in [0.2, 0.25) is 0 Å². The van der Waals surface area contributed by atoms with Crippen LogP contribution in [0, 0.1) is 6.92 Å². The molecule has 7 nitrogen and oxygen atoms in total. The van der Waals surface area contributed by atoms with E-state index in [1.54, 1.807) is 30.8 Å². The third-order valence-electron chi connectivity index (χ3n) is 4.57. The molecular formula is C18H20N6O. The van der Waals surface area contributed by atoms with E-state index in [1.165, 1.54) is 11.1 Å². The van der Waals surface area contributed by atoms with Crippen LogP contribution >= 0.6 is 0 Å². The minimum absolute atomic E-state index is 0.687. The van der Waals surface area contributed by atoms with Gasteiger partial charge in [-0.3, -0.25) is 4.90 Å². The lowest BCUT2D eigenvalue weighted by Gasteiger charge is -2.28. The molecule has 2 aromatic heterocycles. The van der Waals surface area contributed by atoms with Crippen molar-refractivity contribution in [2.45, 2.75) is 26.4 Å². The zero-order chi connectivity index (χ0) is 17.2. The van der Waals surface area contributed by atoms with Crippen molar-refractivity contribution in [3.8, 4) is 11.6 Å². The van der Waals surface area contributed by atoms with Crippen LogP contribution in [0.3, 0.4) is 0 Å². The number of nitrogens with zero attached hydrogens (tertiary/aromatic N) is 6. The van der Waals surface area contributed by atoms with Gasteiger partial charge in [-0.1, -0.05) is 12.1 Å². The molecule has 0 atom stereocenters. The Morgan fingerprint density at radius 1 is 1.20 bits per heavy atom. The molecule has 0 unspecified atom stereocenters. The summed E-state index contributed by atoms with van der Waals surface area (Å²) in [5, 5.41) is 4.20. The van der Waals surface area contributed by atoms with Crippen molar-refractivity contribution in [1.82, 2.24) is 29.6 Å². The second kappa shape index (κ2) is 6.60. The lowest BCUT2D eigenvalue weighted by Crippen LogP contribution is -2.31. The molecular weight excluding hydrogens is 316 g/mol. The lowest BCUT2D eigenvalue weighted by molar-refractivity contribution is 0.236. The van der Waals surface area contributed by atoms with E-state index in [-0.39, 0.29) is 0 Å². The van der Waals surface area contributed by atoms with Gasteiger partial charge >= 0.3 is 0 Å².